The zero-order valence-corrected chi connectivity index (χ0v) is 15.9. The number of sulfonamides is 1. The summed E-state index contributed by atoms with van der Waals surface area (Å²) in [6.07, 6.45) is -4.77. The fraction of sp³-hybridized carbons (Fsp3) is 0.294. The Balaban J connectivity index is 2.14. The Morgan fingerprint density at radius 1 is 1.20 bits per heavy atom. The van der Waals surface area contributed by atoms with Crippen LogP contribution >= 0.6 is 0 Å². The normalized spacial score (nSPS) is 17.1. The number of primary sulfonamides is 1. The van der Waals surface area contributed by atoms with Gasteiger partial charge in [0.2, 0.25) is 10.0 Å². The molecule has 0 bridgehead atoms. The number of pyridine rings is 1. The molecule has 1 aromatic carbocycles. The van der Waals surface area contributed by atoms with E-state index < -0.39 is 57.1 Å². The number of alkyl halides is 5. The van der Waals surface area contributed by atoms with Crippen LogP contribution in [0.15, 0.2) is 47.5 Å². The second kappa shape index (κ2) is 7.56. The van der Waals surface area contributed by atoms with Gasteiger partial charge in [0.25, 0.3) is 11.8 Å². The summed E-state index contributed by atoms with van der Waals surface area (Å²) in [6.45, 7) is -1.29. The van der Waals surface area contributed by atoms with E-state index in [9.17, 15) is 35.2 Å². The number of anilines is 1. The summed E-state index contributed by atoms with van der Waals surface area (Å²) in [6, 6.07) is 6.38. The van der Waals surface area contributed by atoms with Crippen LogP contribution in [0.5, 0.6) is 0 Å². The smallest absolute Gasteiger partial charge is 0.267 e. The average Bonchev–Trinajstić information content (AvgIpc) is 3.00. The van der Waals surface area contributed by atoms with Gasteiger partial charge in [-0.05, 0) is 30.3 Å². The molecule has 0 spiro atoms. The molecule has 2 aromatic rings. The second-order valence-electron chi connectivity index (χ2n) is 6.55. The third kappa shape index (κ3) is 4.57. The van der Waals surface area contributed by atoms with Crippen LogP contribution in [0.25, 0.3) is 0 Å². The summed E-state index contributed by atoms with van der Waals surface area (Å²) in [7, 11) is -4.22. The first-order valence-electron chi connectivity index (χ1n) is 8.42. The van der Waals surface area contributed by atoms with Gasteiger partial charge in [-0.3, -0.25) is 9.78 Å². The summed E-state index contributed by atoms with van der Waals surface area (Å²) in [5, 5.41) is 6.53. The molecule has 0 atom stereocenters. The number of rotatable bonds is 4. The van der Waals surface area contributed by atoms with Crippen LogP contribution in [0.2, 0.25) is 0 Å². The van der Waals surface area contributed by atoms with Crippen molar-refractivity contribution in [3.8, 4) is 0 Å². The first kappa shape index (κ1) is 22.1. The highest BCUT2D eigenvalue weighted by Crippen LogP contribution is 2.35. The van der Waals surface area contributed by atoms with Crippen molar-refractivity contribution in [1.82, 2.24) is 9.99 Å². The molecule has 30 heavy (non-hydrogen) atoms. The first-order chi connectivity index (χ1) is 13.8. The highest BCUT2D eigenvalue weighted by atomic mass is 32.2. The van der Waals surface area contributed by atoms with Crippen LogP contribution in [0, 0.1) is 0 Å². The molecule has 1 aliphatic heterocycles. The number of hydrogen-bond donors (Lipinski definition) is 1. The van der Waals surface area contributed by atoms with Gasteiger partial charge in [0, 0.05) is 19.2 Å². The number of halogens is 5. The lowest BCUT2D eigenvalue weighted by Crippen LogP contribution is -2.47. The molecule has 2 heterocycles. The topological polar surface area (TPSA) is 96.6 Å². The highest BCUT2D eigenvalue weighted by Gasteiger charge is 2.44. The molecule has 1 fully saturated rings. The second-order valence-corrected chi connectivity index (χ2v) is 8.11. The molecule has 0 saturated carbocycles. The minimum atomic E-state index is -4.98. The monoisotopic (exact) mass is 450 g/mol. The molecule has 13 heteroatoms. The molecule has 1 saturated heterocycles. The Morgan fingerprint density at radius 2 is 1.90 bits per heavy atom. The molecular weight excluding hydrogens is 435 g/mol. The zero-order valence-electron chi connectivity index (χ0n) is 15.1. The van der Waals surface area contributed by atoms with Crippen molar-refractivity contribution in [3.05, 3.63) is 53.9 Å². The van der Waals surface area contributed by atoms with Gasteiger partial charge in [0.1, 0.15) is 0 Å². The molecule has 162 valence electrons. The van der Waals surface area contributed by atoms with E-state index in [-0.39, 0.29) is 12.2 Å². The molecule has 0 aliphatic carbocycles. The maximum atomic E-state index is 13.8. The van der Waals surface area contributed by atoms with Gasteiger partial charge < -0.3 is 0 Å². The van der Waals surface area contributed by atoms with Crippen molar-refractivity contribution < 1.29 is 35.2 Å². The van der Waals surface area contributed by atoms with E-state index in [1.807, 2.05) is 0 Å². The van der Waals surface area contributed by atoms with E-state index >= 15 is 0 Å². The highest BCUT2D eigenvalue weighted by molar-refractivity contribution is 7.89. The number of carbonyl (C=O) groups is 1. The van der Waals surface area contributed by atoms with E-state index in [1.165, 1.54) is 12.1 Å². The van der Waals surface area contributed by atoms with Crippen LogP contribution in [0.1, 0.15) is 22.5 Å². The molecular formula is C17H15F5N4O3S. The lowest BCUT2D eigenvalue weighted by atomic mass is 10.1. The number of hydrazine groups is 1. The molecule has 7 nitrogen and oxygen atoms in total. The van der Waals surface area contributed by atoms with Gasteiger partial charge in [0.15, 0.2) is 5.69 Å². The van der Waals surface area contributed by atoms with Crippen LogP contribution in [0.3, 0.4) is 0 Å². The fourth-order valence-electron chi connectivity index (χ4n) is 3.01. The lowest BCUT2D eigenvalue weighted by molar-refractivity contribution is -0.141. The third-order valence-electron chi connectivity index (χ3n) is 4.32. The van der Waals surface area contributed by atoms with Gasteiger partial charge in [-0.2, -0.15) is 13.2 Å². The number of nitrogens with two attached hydrogens (primary N) is 1. The van der Waals surface area contributed by atoms with Gasteiger partial charge >= 0.3 is 6.18 Å². The maximum absolute atomic E-state index is 13.8. The SMILES string of the molecule is NS(=O)(=O)c1cccc(N(C(=O)c2cccnc2C(F)(F)F)N2CCC(F)(F)C2)c1. The van der Waals surface area contributed by atoms with Gasteiger partial charge in [-0.15, -0.1) is 0 Å². The lowest BCUT2D eigenvalue weighted by Gasteiger charge is -2.32. The van der Waals surface area contributed by atoms with E-state index in [0.717, 1.165) is 35.5 Å². The Kier molecular flexibility index (Phi) is 5.56. The third-order valence-corrected chi connectivity index (χ3v) is 5.23. The zero-order chi connectivity index (χ0) is 22.3. The van der Waals surface area contributed by atoms with E-state index in [0.29, 0.717) is 5.01 Å². The largest absolute Gasteiger partial charge is 0.434 e. The van der Waals surface area contributed by atoms with E-state index in [1.54, 1.807) is 0 Å². The summed E-state index contributed by atoms with van der Waals surface area (Å²) < 4.78 is 90.8. The predicted molar refractivity (Wildman–Crippen MR) is 95.0 cm³/mol. The van der Waals surface area contributed by atoms with Crippen molar-refractivity contribution in [2.75, 3.05) is 18.1 Å². The minimum Gasteiger partial charge on any atom is -0.267 e. The summed E-state index contributed by atoms with van der Waals surface area (Å²) in [4.78, 5) is 15.9. The quantitative estimate of drug-likeness (QED) is 0.723. The Hall–Kier alpha value is -2.64. The van der Waals surface area contributed by atoms with Crippen LogP contribution in [0.4, 0.5) is 27.6 Å². The van der Waals surface area contributed by atoms with Crippen LogP contribution < -0.4 is 10.1 Å². The van der Waals surface area contributed by atoms with E-state index in [4.69, 9.17) is 5.14 Å². The average molecular weight is 450 g/mol. The number of benzene rings is 1. The first-order valence-corrected chi connectivity index (χ1v) is 9.96. The van der Waals surface area contributed by atoms with Gasteiger partial charge in [0.05, 0.1) is 22.7 Å². The molecule has 0 radical (unpaired) electrons. The van der Waals surface area contributed by atoms with Crippen LogP contribution in [-0.2, 0) is 16.2 Å². The standard InChI is InChI=1S/C17H15F5N4O3S/c18-16(19)6-8-25(10-16)26(11-3-1-4-12(9-11)30(23,28)29)15(27)13-5-2-7-24-14(13)17(20,21)22/h1-5,7,9H,6,8,10H2,(H2,23,28,29). The molecule has 1 aliphatic rings. The van der Waals surface area contributed by atoms with Crippen molar-refractivity contribution in [1.29, 1.82) is 0 Å². The summed E-state index contributed by atoms with van der Waals surface area (Å²) in [5.74, 6) is -4.47. The van der Waals surface area contributed by atoms with Crippen molar-refractivity contribution >= 4 is 21.6 Å². The van der Waals surface area contributed by atoms with Crippen LogP contribution in [-0.4, -0.2) is 43.3 Å². The maximum Gasteiger partial charge on any atom is 0.434 e. The van der Waals surface area contributed by atoms with Gasteiger partial charge in [-0.1, -0.05) is 6.07 Å². The molecule has 2 N–H and O–H groups in total. The fourth-order valence-corrected chi connectivity index (χ4v) is 3.56. The Morgan fingerprint density at radius 3 is 2.47 bits per heavy atom. The number of nitrogens with zero attached hydrogens (tertiary/aromatic N) is 3. The van der Waals surface area contributed by atoms with Crippen molar-refractivity contribution in [2.24, 2.45) is 5.14 Å². The number of carbonyl (C=O) groups excluding carboxylic acids is 1. The summed E-state index contributed by atoms with van der Waals surface area (Å²) >= 11 is 0. The minimum absolute atomic E-state index is 0.235. The number of amides is 1. The van der Waals surface area contributed by atoms with Gasteiger partial charge in [-0.25, -0.2) is 32.4 Å². The number of hydrogen-bond acceptors (Lipinski definition) is 5. The molecule has 3 rings (SSSR count). The number of aromatic nitrogens is 1. The Labute approximate surface area is 167 Å². The summed E-state index contributed by atoms with van der Waals surface area (Å²) in [5.41, 5.74) is -2.60. The molecule has 1 aromatic heterocycles. The Bertz CT molecular complexity index is 1080. The molecule has 0 unspecified atom stereocenters. The van der Waals surface area contributed by atoms with Crippen molar-refractivity contribution in [2.45, 2.75) is 23.4 Å². The predicted octanol–water partition coefficient (Wildman–Crippen LogP) is 2.65. The van der Waals surface area contributed by atoms with E-state index in [2.05, 4.69) is 4.98 Å². The van der Waals surface area contributed by atoms with Crippen molar-refractivity contribution in [3.63, 3.8) is 0 Å². The molecule has 1 amide bonds.